The van der Waals surface area contributed by atoms with Crippen LogP contribution in [0.1, 0.15) is 80.8 Å². The monoisotopic (exact) mass is 600 g/mol. The van der Waals surface area contributed by atoms with Crippen molar-refractivity contribution in [3.05, 3.63) is 70.3 Å². The van der Waals surface area contributed by atoms with Gasteiger partial charge in [-0.2, -0.15) is 0 Å². The minimum Gasteiger partial charge on any atom is -0.491 e. The molecule has 2 aromatic rings. The number of anilines is 1. The molecule has 224 valence electrons. The van der Waals surface area contributed by atoms with Gasteiger partial charge in [-0.05, 0) is 92.8 Å². The molecule has 6 nitrogen and oxygen atoms in total. The zero-order valence-corrected chi connectivity index (χ0v) is 26.3. The van der Waals surface area contributed by atoms with Gasteiger partial charge in [0.05, 0.1) is 12.3 Å². The fourth-order valence-electron chi connectivity index (χ4n) is 6.04. The number of rotatable bonds is 12. The Kier molecular flexibility index (Phi) is 11.3. The van der Waals surface area contributed by atoms with E-state index in [1.165, 1.54) is 11.1 Å². The molecule has 41 heavy (non-hydrogen) atoms. The molecule has 2 aliphatic rings. The van der Waals surface area contributed by atoms with Gasteiger partial charge in [0, 0.05) is 47.4 Å². The van der Waals surface area contributed by atoms with Crippen LogP contribution in [0.4, 0.5) is 5.69 Å². The number of aryl methyl sites for hydroxylation is 1. The Balaban J connectivity index is 1.67. The number of benzene rings is 2. The highest BCUT2D eigenvalue weighted by Gasteiger charge is 2.38. The molecule has 5 unspecified atom stereocenters. The third-order valence-electron chi connectivity index (χ3n) is 8.44. The number of aliphatic hydroxyl groups is 1. The van der Waals surface area contributed by atoms with Crippen molar-refractivity contribution in [1.29, 1.82) is 0 Å². The molecule has 1 aliphatic heterocycles. The number of fused-ring (bicyclic) bond motifs is 1. The molecular formula is C33H45ClN2O4S. The van der Waals surface area contributed by atoms with Gasteiger partial charge in [-0.3, -0.25) is 9.52 Å². The van der Waals surface area contributed by atoms with Crippen molar-refractivity contribution in [2.45, 2.75) is 71.0 Å². The highest BCUT2D eigenvalue weighted by Crippen LogP contribution is 2.44. The lowest BCUT2D eigenvalue weighted by atomic mass is 9.66. The SMILES string of the molecule is CC/C=C/C(CO)C1CCC1CN1CC(c2ccc(Cl)cc2CCC)COc2ccc(C(=O)NS(=O)C(C)C)cc21. The number of nitrogens with one attached hydrogen (secondary N) is 1. The van der Waals surface area contributed by atoms with Crippen molar-refractivity contribution in [2.24, 2.45) is 17.8 Å². The number of hydrogen-bond acceptors (Lipinski definition) is 5. The van der Waals surface area contributed by atoms with Crippen molar-refractivity contribution in [2.75, 3.05) is 31.2 Å². The van der Waals surface area contributed by atoms with Crippen molar-refractivity contribution < 1.29 is 18.8 Å². The number of carbonyl (C=O) groups excluding carboxylic acids is 1. The average molecular weight is 601 g/mol. The molecule has 0 radical (unpaired) electrons. The number of hydrogen-bond donors (Lipinski definition) is 2. The van der Waals surface area contributed by atoms with Gasteiger partial charge in [0.25, 0.3) is 5.91 Å². The molecule has 0 aromatic heterocycles. The Morgan fingerprint density at radius 2 is 2.02 bits per heavy atom. The number of ether oxygens (including phenoxy) is 1. The van der Waals surface area contributed by atoms with Crippen LogP contribution < -0.4 is 14.4 Å². The molecule has 0 saturated heterocycles. The lowest BCUT2D eigenvalue weighted by Crippen LogP contribution is -2.43. The first-order chi connectivity index (χ1) is 19.7. The fourth-order valence-corrected chi connectivity index (χ4v) is 6.77. The molecule has 1 heterocycles. The van der Waals surface area contributed by atoms with Crippen molar-refractivity contribution in [1.82, 2.24) is 4.72 Å². The van der Waals surface area contributed by atoms with Crippen LogP contribution in [-0.2, 0) is 17.4 Å². The molecule has 1 fully saturated rings. The Hall–Kier alpha value is -2.35. The molecule has 2 aromatic carbocycles. The van der Waals surface area contributed by atoms with E-state index in [2.05, 4.69) is 47.8 Å². The summed E-state index contributed by atoms with van der Waals surface area (Å²) in [7, 11) is -1.45. The molecule has 8 heteroatoms. The van der Waals surface area contributed by atoms with Gasteiger partial charge in [-0.1, -0.05) is 50.1 Å². The third-order valence-corrected chi connectivity index (χ3v) is 9.92. The quantitative estimate of drug-likeness (QED) is 0.266. The summed E-state index contributed by atoms with van der Waals surface area (Å²) in [6.07, 6.45) is 9.48. The summed E-state index contributed by atoms with van der Waals surface area (Å²) in [4.78, 5) is 15.4. The maximum absolute atomic E-state index is 13.0. The second kappa shape index (κ2) is 14.7. The van der Waals surface area contributed by atoms with E-state index in [1.54, 1.807) is 6.07 Å². The Morgan fingerprint density at radius 1 is 1.22 bits per heavy atom. The maximum Gasteiger partial charge on any atom is 0.263 e. The summed E-state index contributed by atoms with van der Waals surface area (Å²) in [6.45, 7) is 10.2. The van der Waals surface area contributed by atoms with Crippen LogP contribution in [-0.4, -0.2) is 46.8 Å². The molecule has 5 atom stereocenters. The molecule has 0 spiro atoms. The lowest BCUT2D eigenvalue weighted by Gasteiger charge is -2.44. The number of allylic oxidation sites excluding steroid dienone is 1. The van der Waals surface area contributed by atoms with E-state index < -0.39 is 11.0 Å². The van der Waals surface area contributed by atoms with E-state index in [1.807, 2.05) is 32.0 Å². The predicted octanol–water partition coefficient (Wildman–Crippen LogP) is 6.68. The minimum atomic E-state index is -1.45. The molecular weight excluding hydrogens is 556 g/mol. The van der Waals surface area contributed by atoms with Gasteiger partial charge in [-0.25, -0.2) is 4.21 Å². The van der Waals surface area contributed by atoms with Crippen molar-refractivity contribution in [3.8, 4) is 5.75 Å². The van der Waals surface area contributed by atoms with Gasteiger partial charge in [-0.15, -0.1) is 0 Å². The predicted molar refractivity (Wildman–Crippen MR) is 169 cm³/mol. The molecule has 1 amide bonds. The first kappa shape index (κ1) is 31.6. The second-order valence-corrected chi connectivity index (χ2v) is 13.8. The second-order valence-electron chi connectivity index (χ2n) is 11.7. The first-order valence-corrected chi connectivity index (χ1v) is 16.6. The van der Waals surface area contributed by atoms with Crippen molar-refractivity contribution >= 4 is 34.2 Å². The van der Waals surface area contributed by atoms with Gasteiger partial charge in [0.15, 0.2) is 0 Å². The number of nitrogens with zero attached hydrogens (tertiary/aromatic N) is 1. The van der Waals surface area contributed by atoms with E-state index in [-0.39, 0.29) is 29.6 Å². The molecule has 1 aliphatic carbocycles. The lowest BCUT2D eigenvalue weighted by molar-refractivity contribution is 0.0902. The molecule has 0 bridgehead atoms. The van der Waals surface area contributed by atoms with Crippen LogP contribution in [0.15, 0.2) is 48.6 Å². The van der Waals surface area contributed by atoms with E-state index >= 15 is 0 Å². The van der Waals surface area contributed by atoms with Crippen LogP contribution in [0, 0.1) is 17.8 Å². The molecule has 4 rings (SSSR count). The van der Waals surface area contributed by atoms with E-state index in [9.17, 15) is 14.1 Å². The van der Waals surface area contributed by atoms with E-state index in [0.29, 0.717) is 24.0 Å². The van der Waals surface area contributed by atoms with Gasteiger partial charge in [0.1, 0.15) is 16.7 Å². The summed E-state index contributed by atoms with van der Waals surface area (Å²) >= 11 is 6.39. The highest BCUT2D eigenvalue weighted by molar-refractivity contribution is 7.84. The van der Waals surface area contributed by atoms with Gasteiger partial charge >= 0.3 is 0 Å². The van der Waals surface area contributed by atoms with Crippen LogP contribution in [0.5, 0.6) is 5.75 Å². The van der Waals surface area contributed by atoms with Crippen LogP contribution in [0.25, 0.3) is 0 Å². The largest absolute Gasteiger partial charge is 0.491 e. The zero-order chi connectivity index (χ0) is 29.5. The van der Waals surface area contributed by atoms with Crippen molar-refractivity contribution in [3.63, 3.8) is 0 Å². The van der Waals surface area contributed by atoms with Crippen LogP contribution in [0.3, 0.4) is 0 Å². The summed E-state index contributed by atoms with van der Waals surface area (Å²) in [5.41, 5.74) is 3.86. The Labute approximate surface area is 253 Å². The highest BCUT2D eigenvalue weighted by atomic mass is 35.5. The number of amides is 1. The summed E-state index contributed by atoms with van der Waals surface area (Å²) in [5, 5.41) is 10.7. The topological polar surface area (TPSA) is 78.9 Å². The van der Waals surface area contributed by atoms with E-state index in [0.717, 1.165) is 61.7 Å². The average Bonchev–Trinajstić information content (AvgIpc) is 3.12. The third kappa shape index (κ3) is 7.74. The number of halogens is 1. The zero-order valence-electron chi connectivity index (χ0n) is 24.8. The van der Waals surface area contributed by atoms with E-state index in [4.69, 9.17) is 16.3 Å². The Morgan fingerprint density at radius 3 is 2.68 bits per heavy atom. The first-order valence-electron chi connectivity index (χ1n) is 15.0. The maximum atomic E-state index is 13.0. The summed E-state index contributed by atoms with van der Waals surface area (Å²) in [6, 6.07) is 11.7. The fraction of sp³-hybridized carbons (Fsp3) is 0.545. The smallest absolute Gasteiger partial charge is 0.263 e. The van der Waals surface area contributed by atoms with Crippen LogP contribution >= 0.6 is 11.6 Å². The Bertz CT molecular complexity index is 1250. The minimum absolute atomic E-state index is 0.124. The standard InChI is InChI=1S/C33H45ClN2O4S/c1-5-7-9-26(20-37)30-13-10-25(30)18-36-19-27(29-14-12-28(34)16-23(29)8-6-2)21-40-32-15-11-24(17-31(32)36)33(38)35-41(39)22(3)4/h7,9,11-12,14-17,22,25-27,30,37H,5-6,8,10,13,18-21H2,1-4H3,(H,35,38)/b9-7+. The van der Waals surface area contributed by atoms with Gasteiger partial charge in [0.2, 0.25) is 0 Å². The number of carbonyl (C=O) groups is 1. The summed E-state index contributed by atoms with van der Waals surface area (Å²) in [5.74, 6) is 1.52. The number of aliphatic hydroxyl groups excluding tert-OH is 1. The van der Waals surface area contributed by atoms with Gasteiger partial charge < -0.3 is 14.7 Å². The summed E-state index contributed by atoms with van der Waals surface area (Å²) < 4.78 is 21.4. The normalized spacial score (nSPS) is 22.0. The van der Waals surface area contributed by atoms with Crippen LogP contribution in [0.2, 0.25) is 5.02 Å². The molecule has 2 N–H and O–H groups in total. The molecule has 1 saturated carbocycles.